The summed E-state index contributed by atoms with van der Waals surface area (Å²) in [7, 11) is 0. The number of phenolic OH excluding ortho intramolecular Hbond substituents is 1. The van der Waals surface area contributed by atoms with Crippen LogP contribution in [0.3, 0.4) is 0 Å². The van der Waals surface area contributed by atoms with Crippen LogP contribution in [-0.2, 0) is 6.42 Å². The van der Waals surface area contributed by atoms with Gasteiger partial charge in [-0.1, -0.05) is 12.1 Å². The van der Waals surface area contributed by atoms with Crippen molar-refractivity contribution in [3.05, 3.63) is 29.8 Å². The summed E-state index contributed by atoms with van der Waals surface area (Å²) in [4.78, 5) is 0. The molecular weight excluding hydrogens is 138 g/mol. The van der Waals surface area contributed by atoms with Crippen molar-refractivity contribution in [2.75, 3.05) is 6.54 Å². The molecule has 0 spiro atoms. The van der Waals surface area contributed by atoms with E-state index in [1.807, 2.05) is 12.1 Å². The molecular formula is C9H14NO+. The Labute approximate surface area is 66.7 Å². The second kappa shape index (κ2) is 3.98. The van der Waals surface area contributed by atoms with Gasteiger partial charge < -0.3 is 10.8 Å². The van der Waals surface area contributed by atoms with Crippen molar-refractivity contribution in [3.63, 3.8) is 0 Å². The van der Waals surface area contributed by atoms with E-state index < -0.39 is 0 Å². The Morgan fingerprint density at radius 3 is 2.36 bits per heavy atom. The van der Waals surface area contributed by atoms with E-state index in [1.165, 1.54) is 5.56 Å². The van der Waals surface area contributed by atoms with E-state index >= 15 is 0 Å². The van der Waals surface area contributed by atoms with Gasteiger partial charge in [-0.2, -0.15) is 0 Å². The smallest absolute Gasteiger partial charge is 0.115 e. The third-order valence-corrected chi connectivity index (χ3v) is 1.65. The van der Waals surface area contributed by atoms with Crippen molar-refractivity contribution < 1.29 is 10.8 Å². The molecule has 0 unspecified atom stereocenters. The minimum absolute atomic E-state index is 0.336. The van der Waals surface area contributed by atoms with Gasteiger partial charge in [0.25, 0.3) is 0 Å². The van der Waals surface area contributed by atoms with Crippen molar-refractivity contribution in [1.29, 1.82) is 0 Å². The number of phenols is 1. The lowest BCUT2D eigenvalue weighted by atomic mass is 10.1. The predicted octanol–water partition coefficient (Wildman–Crippen LogP) is 0.567. The zero-order valence-electron chi connectivity index (χ0n) is 6.59. The predicted molar refractivity (Wildman–Crippen MR) is 44.2 cm³/mol. The zero-order valence-corrected chi connectivity index (χ0v) is 6.59. The highest BCUT2D eigenvalue weighted by Gasteiger charge is 1.92. The van der Waals surface area contributed by atoms with E-state index in [0.717, 1.165) is 19.4 Å². The highest BCUT2D eigenvalue weighted by Crippen LogP contribution is 2.10. The minimum atomic E-state index is 0.336. The first-order chi connectivity index (χ1) is 5.33. The van der Waals surface area contributed by atoms with Crippen LogP contribution < -0.4 is 5.73 Å². The SMILES string of the molecule is [NH3+]CCCc1ccc(O)cc1. The lowest BCUT2D eigenvalue weighted by Crippen LogP contribution is -2.50. The van der Waals surface area contributed by atoms with Crippen molar-refractivity contribution in [2.45, 2.75) is 12.8 Å². The Hall–Kier alpha value is -1.02. The van der Waals surface area contributed by atoms with Gasteiger partial charge in [0, 0.05) is 6.42 Å². The number of hydrogen-bond acceptors (Lipinski definition) is 1. The van der Waals surface area contributed by atoms with Crippen LogP contribution in [-0.4, -0.2) is 11.7 Å². The van der Waals surface area contributed by atoms with Gasteiger partial charge in [-0.25, -0.2) is 0 Å². The number of hydrogen-bond donors (Lipinski definition) is 2. The molecule has 1 aromatic rings. The first-order valence-electron chi connectivity index (χ1n) is 3.90. The Bertz CT molecular complexity index is 205. The summed E-state index contributed by atoms with van der Waals surface area (Å²) in [6.45, 7) is 0.973. The number of aryl methyl sites for hydroxylation is 1. The summed E-state index contributed by atoms with van der Waals surface area (Å²) < 4.78 is 0. The Morgan fingerprint density at radius 1 is 1.18 bits per heavy atom. The van der Waals surface area contributed by atoms with E-state index in [1.54, 1.807) is 12.1 Å². The summed E-state index contributed by atoms with van der Waals surface area (Å²) in [6, 6.07) is 7.34. The third kappa shape index (κ3) is 2.60. The maximum absolute atomic E-state index is 8.97. The van der Waals surface area contributed by atoms with Crippen LogP contribution in [0.2, 0.25) is 0 Å². The fourth-order valence-electron chi connectivity index (χ4n) is 0.992. The molecule has 0 amide bonds. The van der Waals surface area contributed by atoms with Crippen LogP contribution in [0.25, 0.3) is 0 Å². The zero-order chi connectivity index (χ0) is 8.10. The fraction of sp³-hybridized carbons (Fsp3) is 0.333. The van der Waals surface area contributed by atoms with Crippen LogP contribution in [0, 0.1) is 0 Å². The molecule has 1 aromatic carbocycles. The average molecular weight is 152 g/mol. The molecule has 2 nitrogen and oxygen atoms in total. The Morgan fingerprint density at radius 2 is 1.82 bits per heavy atom. The molecule has 60 valence electrons. The molecule has 0 fully saturated rings. The Balaban J connectivity index is 2.52. The van der Waals surface area contributed by atoms with Gasteiger partial charge in [-0.15, -0.1) is 0 Å². The Kier molecular flexibility index (Phi) is 2.93. The summed E-state index contributed by atoms with van der Waals surface area (Å²) in [5.41, 5.74) is 5.04. The highest BCUT2D eigenvalue weighted by molar-refractivity contribution is 5.25. The lowest BCUT2D eigenvalue weighted by molar-refractivity contribution is -0.368. The molecule has 0 radical (unpaired) electrons. The number of quaternary nitrogens is 1. The van der Waals surface area contributed by atoms with Gasteiger partial charge in [0.05, 0.1) is 6.54 Å². The first-order valence-corrected chi connectivity index (χ1v) is 3.90. The summed E-state index contributed by atoms with van der Waals surface area (Å²) >= 11 is 0. The normalized spacial score (nSPS) is 9.91. The van der Waals surface area contributed by atoms with Gasteiger partial charge in [-0.3, -0.25) is 0 Å². The molecule has 0 aromatic heterocycles. The molecule has 0 heterocycles. The standard InChI is InChI=1S/C9H13NO/c10-7-1-2-8-3-5-9(11)6-4-8/h3-6,11H,1-2,7,10H2/p+1. The maximum atomic E-state index is 8.97. The molecule has 0 aliphatic heterocycles. The van der Waals surface area contributed by atoms with Crippen molar-refractivity contribution in [2.24, 2.45) is 0 Å². The van der Waals surface area contributed by atoms with Crippen molar-refractivity contribution >= 4 is 0 Å². The molecule has 0 bridgehead atoms. The second-order valence-electron chi connectivity index (χ2n) is 2.62. The van der Waals surface area contributed by atoms with Gasteiger partial charge in [0.1, 0.15) is 5.75 Å². The van der Waals surface area contributed by atoms with Gasteiger partial charge >= 0.3 is 0 Å². The minimum Gasteiger partial charge on any atom is -0.508 e. The first kappa shape index (κ1) is 8.08. The maximum Gasteiger partial charge on any atom is 0.115 e. The van der Waals surface area contributed by atoms with Crippen LogP contribution in [0.15, 0.2) is 24.3 Å². The molecule has 4 N–H and O–H groups in total. The summed E-state index contributed by atoms with van der Waals surface area (Å²) in [6.07, 6.45) is 2.18. The van der Waals surface area contributed by atoms with Gasteiger partial charge in [0.15, 0.2) is 0 Å². The third-order valence-electron chi connectivity index (χ3n) is 1.65. The summed E-state index contributed by atoms with van der Waals surface area (Å²) in [5.74, 6) is 0.336. The molecule has 11 heavy (non-hydrogen) atoms. The van der Waals surface area contributed by atoms with Crippen LogP contribution >= 0.6 is 0 Å². The second-order valence-corrected chi connectivity index (χ2v) is 2.62. The van der Waals surface area contributed by atoms with Crippen molar-refractivity contribution in [3.8, 4) is 5.75 Å². The van der Waals surface area contributed by atoms with Crippen molar-refractivity contribution in [1.82, 2.24) is 0 Å². The van der Waals surface area contributed by atoms with Crippen LogP contribution in [0.5, 0.6) is 5.75 Å². The average Bonchev–Trinajstić information content (AvgIpc) is 2.04. The molecule has 0 aliphatic carbocycles. The lowest BCUT2D eigenvalue weighted by Gasteiger charge is -1.97. The van der Waals surface area contributed by atoms with E-state index in [0.29, 0.717) is 5.75 Å². The van der Waals surface area contributed by atoms with E-state index in [2.05, 4.69) is 5.73 Å². The topological polar surface area (TPSA) is 47.9 Å². The largest absolute Gasteiger partial charge is 0.508 e. The molecule has 1 rings (SSSR count). The van der Waals surface area contributed by atoms with E-state index in [9.17, 15) is 0 Å². The number of aromatic hydroxyl groups is 1. The van der Waals surface area contributed by atoms with Crippen LogP contribution in [0.1, 0.15) is 12.0 Å². The van der Waals surface area contributed by atoms with Gasteiger partial charge in [0.2, 0.25) is 0 Å². The van der Waals surface area contributed by atoms with Crippen LogP contribution in [0.4, 0.5) is 0 Å². The molecule has 0 atom stereocenters. The quantitative estimate of drug-likeness (QED) is 0.653. The molecule has 2 heteroatoms. The molecule has 0 saturated heterocycles. The molecule has 0 aliphatic rings. The highest BCUT2D eigenvalue weighted by atomic mass is 16.3. The summed E-state index contributed by atoms with van der Waals surface area (Å²) in [5, 5.41) is 8.97. The fourth-order valence-corrected chi connectivity index (χ4v) is 0.992. The number of benzene rings is 1. The van der Waals surface area contributed by atoms with E-state index in [-0.39, 0.29) is 0 Å². The number of rotatable bonds is 3. The monoisotopic (exact) mass is 152 g/mol. The molecule has 0 saturated carbocycles. The van der Waals surface area contributed by atoms with Gasteiger partial charge in [-0.05, 0) is 24.1 Å². The van der Waals surface area contributed by atoms with E-state index in [4.69, 9.17) is 5.11 Å².